The summed E-state index contributed by atoms with van der Waals surface area (Å²) in [6.07, 6.45) is 4.87. The van der Waals surface area contributed by atoms with Gasteiger partial charge in [0.1, 0.15) is 12.1 Å². The number of ether oxygens (including phenoxy) is 1. The third-order valence-corrected chi connectivity index (χ3v) is 9.52. The molecule has 3 N–H and O–H groups in total. The second kappa shape index (κ2) is 13.3. The molecule has 5 rings (SSSR count). The first-order chi connectivity index (χ1) is 21.4. The Balaban J connectivity index is 1.55. The van der Waals surface area contributed by atoms with Crippen LogP contribution in [0.5, 0.6) is 0 Å². The van der Waals surface area contributed by atoms with Crippen molar-refractivity contribution >= 4 is 40.7 Å². The summed E-state index contributed by atoms with van der Waals surface area (Å²) in [7, 11) is 1.74. The number of esters is 1. The molecule has 1 spiro atoms. The summed E-state index contributed by atoms with van der Waals surface area (Å²) in [6, 6.07) is 7.89. The highest BCUT2D eigenvalue weighted by molar-refractivity contribution is 5.92. The summed E-state index contributed by atoms with van der Waals surface area (Å²) in [5, 5.41) is 15.3. The Morgan fingerprint density at radius 1 is 1.02 bits per heavy atom. The molecule has 242 valence electrons. The predicted molar refractivity (Wildman–Crippen MR) is 169 cm³/mol. The second-order valence-corrected chi connectivity index (χ2v) is 13.1. The maximum atomic E-state index is 13.9. The minimum atomic E-state index is -1.12. The van der Waals surface area contributed by atoms with Crippen LogP contribution in [-0.2, 0) is 23.9 Å². The van der Waals surface area contributed by atoms with Crippen LogP contribution in [-0.4, -0.2) is 81.6 Å². The average molecular weight is 620 g/mol. The Morgan fingerprint density at radius 2 is 1.73 bits per heavy atom. The van der Waals surface area contributed by atoms with Crippen LogP contribution in [0.3, 0.4) is 0 Å². The van der Waals surface area contributed by atoms with Crippen molar-refractivity contribution < 1.29 is 29.0 Å². The Kier molecular flexibility index (Phi) is 9.60. The fourth-order valence-corrected chi connectivity index (χ4v) is 6.37. The number of hydrazine groups is 1. The van der Waals surface area contributed by atoms with Crippen molar-refractivity contribution in [2.75, 3.05) is 13.6 Å². The van der Waals surface area contributed by atoms with Gasteiger partial charge in [0.2, 0.25) is 5.91 Å². The van der Waals surface area contributed by atoms with E-state index in [0.717, 1.165) is 22.2 Å². The molecule has 2 aliphatic heterocycles. The van der Waals surface area contributed by atoms with Crippen molar-refractivity contribution in [2.45, 2.75) is 96.6 Å². The van der Waals surface area contributed by atoms with Crippen LogP contribution in [0.4, 0.5) is 0 Å². The lowest BCUT2D eigenvalue weighted by Gasteiger charge is -2.37. The monoisotopic (exact) mass is 619 g/mol. The third-order valence-electron chi connectivity index (χ3n) is 9.52. The van der Waals surface area contributed by atoms with Crippen molar-refractivity contribution in [3.63, 3.8) is 0 Å². The molecule has 5 bridgehead atoms. The lowest BCUT2D eigenvalue weighted by atomic mass is 9.72. The molecule has 4 atom stereocenters. The van der Waals surface area contributed by atoms with Gasteiger partial charge >= 0.3 is 5.97 Å². The van der Waals surface area contributed by atoms with Gasteiger partial charge in [-0.25, -0.2) is 5.43 Å². The van der Waals surface area contributed by atoms with E-state index in [4.69, 9.17) is 9.72 Å². The van der Waals surface area contributed by atoms with E-state index in [2.05, 4.69) is 10.7 Å². The first-order valence-electron chi connectivity index (χ1n) is 16.0. The molecule has 11 nitrogen and oxygen atoms in total. The van der Waals surface area contributed by atoms with Gasteiger partial charge in [0.15, 0.2) is 6.10 Å². The number of aliphatic hydroxyl groups excluding tert-OH is 1. The van der Waals surface area contributed by atoms with Gasteiger partial charge in [-0.2, -0.15) is 0 Å². The average Bonchev–Trinajstić information content (AvgIpc) is 3.04. The van der Waals surface area contributed by atoms with Gasteiger partial charge in [-0.3, -0.25) is 29.2 Å². The van der Waals surface area contributed by atoms with E-state index in [1.165, 1.54) is 5.01 Å². The van der Waals surface area contributed by atoms with E-state index >= 15 is 0 Å². The SMILES string of the molecule is CC(C)[C@@H]1OC(=O)C2(C=Cc3ccc4ccc(nc4c3)[C@@H](C)N(C)C(=O)[C@@H]3CCCN(N3)C(=O)[C@H](C)NC1=O)CCC(O)CC2. The number of benzene rings is 1. The molecule has 1 aliphatic carbocycles. The van der Waals surface area contributed by atoms with Crippen LogP contribution in [0.25, 0.3) is 17.0 Å². The third kappa shape index (κ3) is 6.89. The highest BCUT2D eigenvalue weighted by Gasteiger charge is 2.43. The summed E-state index contributed by atoms with van der Waals surface area (Å²) >= 11 is 0. The molecule has 1 aromatic carbocycles. The minimum absolute atomic E-state index is 0.157. The summed E-state index contributed by atoms with van der Waals surface area (Å²) in [4.78, 5) is 60.9. The molecule has 0 unspecified atom stereocenters. The molecule has 1 aromatic heterocycles. The summed E-state index contributed by atoms with van der Waals surface area (Å²) < 4.78 is 5.95. The zero-order chi connectivity index (χ0) is 32.5. The van der Waals surface area contributed by atoms with Gasteiger partial charge < -0.3 is 20.1 Å². The number of carbonyl (C=O) groups excluding carboxylic acids is 4. The number of hydrogen-bond donors (Lipinski definition) is 3. The van der Waals surface area contributed by atoms with Crippen LogP contribution in [0.15, 0.2) is 36.4 Å². The number of rotatable bonds is 1. The maximum Gasteiger partial charge on any atom is 0.316 e. The van der Waals surface area contributed by atoms with Crippen LogP contribution in [0.1, 0.15) is 83.5 Å². The largest absolute Gasteiger partial charge is 0.451 e. The summed E-state index contributed by atoms with van der Waals surface area (Å²) in [6.45, 7) is 7.47. The van der Waals surface area contributed by atoms with E-state index < -0.39 is 41.6 Å². The molecular formula is C34H45N5O6. The number of pyridine rings is 1. The van der Waals surface area contributed by atoms with Crippen molar-refractivity contribution in [1.82, 2.24) is 25.6 Å². The summed E-state index contributed by atoms with van der Waals surface area (Å²) in [5.74, 6) is -1.99. The number of likely N-dealkylation sites (N-methyl/N-ethyl adjacent to an activating group) is 1. The van der Waals surface area contributed by atoms with Crippen LogP contribution < -0.4 is 10.7 Å². The van der Waals surface area contributed by atoms with Crippen molar-refractivity contribution in [1.29, 1.82) is 0 Å². The van der Waals surface area contributed by atoms with Crippen molar-refractivity contribution in [3.8, 4) is 0 Å². The molecule has 1 saturated carbocycles. The van der Waals surface area contributed by atoms with Crippen molar-refractivity contribution in [2.24, 2.45) is 11.3 Å². The first-order valence-corrected chi connectivity index (χ1v) is 16.0. The second-order valence-electron chi connectivity index (χ2n) is 13.1. The van der Waals surface area contributed by atoms with Gasteiger partial charge in [0, 0.05) is 19.0 Å². The summed E-state index contributed by atoms with van der Waals surface area (Å²) in [5.41, 5.74) is 4.37. The molecular weight excluding hydrogens is 574 g/mol. The number of aliphatic hydroxyl groups is 1. The Morgan fingerprint density at radius 3 is 2.44 bits per heavy atom. The maximum absolute atomic E-state index is 13.9. The van der Waals surface area contributed by atoms with Crippen LogP contribution >= 0.6 is 0 Å². The number of nitrogens with one attached hydrogen (secondary N) is 2. The lowest BCUT2D eigenvalue weighted by Crippen LogP contribution is -2.61. The zero-order valence-electron chi connectivity index (χ0n) is 26.8. The standard InChI is InChI=1S/C34H45N5O6/c1-20(2)29-30(41)35-21(3)31(42)39-18-6-7-27(37-39)32(43)38(5)22(4)26-11-10-24-9-8-23(19-28(24)36-26)12-15-34(33(44)45-29)16-13-25(40)14-17-34/h8-12,15,19-22,25,27,29,37,40H,6-7,13-14,16-18H2,1-5H3,(H,35,41)/t21-,22+,25?,27-,29-,34?/m0/s1. The molecule has 45 heavy (non-hydrogen) atoms. The fourth-order valence-electron chi connectivity index (χ4n) is 6.37. The minimum Gasteiger partial charge on any atom is -0.451 e. The molecule has 2 fully saturated rings. The number of aromatic nitrogens is 1. The quantitative estimate of drug-likeness (QED) is 0.413. The smallest absolute Gasteiger partial charge is 0.316 e. The number of fused-ring (bicyclic) bond motifs is 4. The van der Waals surface area contributed by atoms with E-state index in [0.29, 0.717) is 45.1 Å². The first kappa shape index (κ1) is 32.6. The molecule has 3 aliphatic rings. The molecule has 0 radical (unpaired) electrons. The van der Waals surface area contributed by atoms with Gasteiger partial charge in [-0.1, -0.05) is 44.2 Å². The number of amides is 3. The van der Waals surface area contributed by atoms with Gasteiger partial charge in [-0.15, -0.1) is 0 Å². The molecule has 3 amide bonds. The number of carbonyl (C=O) groups is 4. The number of nitrogens with zero attached hydrogens (tertiary/aromatic N) is 3. The topological polar surface area (TPSA) is 141 Å². The molecule has 1 saturated heterocycles. The van der Waals surface area contributed by atoms with E-state index in [1.54, 1.807) is 32.7 Å². The Hall–Kier alpha value is -3.83. The Labute approximate surface area is 264 Å². The van der Waals surface area contributed by atoms with Gasteiger partial charge in [0.05, 0.1) is 28.8 Å². The van der Waals surface area contributed by atoms with Crippen molar-refractivity contribution in [3.05, 3.63) is 47.7 Å². The molecule has 3 heterocycles. The van der Waals surface area contributed by atoms with Crippen LogP contribution in [0.2, 0.25) is 0 Å². The van der Waals surface area contributed by atoms with Crippen LogP contribution in [0, 0.1) is 11.3 Å². The zero-order valence-corrected chi connectivity index (χ0v) is 26.8. The van der Waals surface area contributed by atoms with Gasteiger partial charge in [-0.05, 0) is 76.0 Å². The fraction of sp³-hybridized carbons (Fsp3) is 0.559. The van der Waals surface area contributed by atoms with E-state index in [1.807, 2.05) is 49.4 Å². The molecule has 2 aromatic rings. The number of cyclic esters (lactones) is 1. The Bertz CT molecular complexity index is 1480. The highest BCUT2D eigenvalue weighted by atomic mass is 16.5. The number of hydrogen-bond acceptors (Lipinski definition) is 8. The highest BCUT2D eigenvalue weighted by Crippen LogP contribution is 2.40. The molecule has 11 heteroatoms. The van der Waals surface area contributed by atoms with Gasteiger partial charge in [0.25, 0.3) is 11.8 Å². The lowest BCUT2D eigenvalue weighted by molar-refractivity contribution is -0.168. The predicted octanol–water partition coefficient (Wildman–Crippen LogP) is 3.27. The normalized spacial score (nSPS) is 30.6. The van der Waals surface area contributed by atoms with E-state index in [9.17, 15) is 24.3 Å². The van der Waals surface area contributed by atoms with E-state index in [-0.39, 0.29) is 23.8 Å².